The zero-order valence-electron chi connectivity index (χ0n) is 15.3. The summed E-state index contributed by atoms with van der Waals surface area (Å²) in [5, 5.41) is 8.49. The lowest BCUT2D eigenvalue weighted by atomic mass is 10.1. The molecule has 2 unspecified atom stereocenters. The van der Waals surface area contributed by atoms with Crippen molar-refractivity contribution in [2.24, 2.45) is 11.8 Å². The molecule has 0 saturated heterocycles. The lowest BCUT2D eigenvalue weighted by Crippen LogP contribution is -2.15. The largest absolute Gasteiger partial charge is 0.317 e. The van der Waals surface area contributed by atoms with Crippen molar-refractivity contribution in [3.8, 4) is 0 Å². The molecule has 3 heteroatoms. The maximum Gasteiger partial charge on any atom is 0.0241 e. The van der Waals surface area contributed by atoms with Gasteiger partial charge in [0.1, 0.15) is 0 Å². The Balaban J connectivity index is 0.000000146. The van der Waals surface area contributed by atoms with Gasteiger partial charge in [0.2, 0.25) is 0 Å². The summed E-state index contributed by atoms with van der Waals surface area (Å²) in [6.45, 7) is 1.96. The van der Waals surface area contributed by atoms with Crippen LogP contribution in [-0.2, 0) is 0 Å². The van der Waals surface area contributed by atoms with Crippen LogP contribution in [0.5, 0.6) is 0 Å². The second-order valence-electron chi connectivity index (χ2n) is 7.65. The van der Waals surface area contributed by atoms with E-state index in [1.807, 2.05) is 6.07 Å². The molecule has 0 spiro atoms. The molecular formula is C22H30N2O. The molecule has 0 aromatic heterocycles. The molecule has 2 aromatic rings. The average molecular weight is 338 g/mol. The quantitative estimate of drug-likeness (QED) is 0.778. The van der Waals surface area contributed by atoms with Crippen molar-refractivity contribution in [3.63, 3.8) is 0 Å². The third-order valence-corrected chi connectivity index (χ3v) is 5.25. The van der Waals surface area contributed by atoms with E-state index in [9.17, 15) is 0 Å². The summed E-state index contributed by atoms with van der Waals surface area (Å²) in [5.74, 6) is 3.05. The molecule has 0 aliphatic heterocycles. The van der Waals surface area contributed by atoms with Gasteiger partial charge in [-0.3, -0.25) is 0 Å². The molecule has 2 aliphatic rings. The van der Waals surface area contributed by atoms with Gasteiger partial charge >= 0.3 is 0 Å². The van der Waals surface area contributed by atoms with E-state index in [0.717, 1.165) is 18.4 Å². The summed E-state index contributed by atoms with van der Waals surface area (Å²) >= 11 is 0. The van der Waals surface area contributed by atoms with Gasteiger partial charge in [-0.25, -0.2) is 5.48 Å². The molecule has 4 rings (SSSR count). The van der Waals surface area contributed by atoms with E-state index in [0.29, 0.717) is 11.8 Å². The average Bonchev–Trinajstić information content (AvgIpc) is 3.54. The summed E-state index contributed by atoms with van der Waals surface area (Å²) in [7, 11) is 4.31. The summed E-state index contributed by atoms with van der Waals surface area (Å²) < 4.78 is 0. The highest BCUT2D eigenvalue weighted by Crippen LogP contribution is 2.47. The number of nitrogens with zero attached hydrogens (tertiary/aromatic N) is 1. The van der Waals surface area contributed by atoms with E-state index in [1.54, 1.807) is 0 Å². The predicted molar refractivity (Wildman–Crippen MR) is 103 cm³/mol. The first kappa shape index (κ1) is 18.1. The van der Waals surface area contributed by atoms with E-state index < -0.39 is 0 Å². The van der Waals surface area contributed by atoms with Crippen LogP contribution in [0.1, 0.15) is 35.8 Å². The highest BCUT2D eigenvalue weighted by Gasteiger charge is 2.38. The second-order valence-corrected chi connectivity index (χ2v) is 7.65. The fraction of sp³-hybridized carbons (Fsp3) is 0.455. The van der Waals surface area contributed by atoms with Crippen molar-refractivity contribution in [2.45, 2.75) is 24.7 Å². The number of hydrogen-bond acceptors (Lipinski definition) is 3. The van der Waals surface area contributed by atoms with Gasteiger partial charge in [-0.1, -0.05) is 60.7 Å². The summed E-state index contributed by atoms with van der Waals surface area (Å²) in [5.41, 5.74) is 5.15. The molecule has 2 saturated carbocycles. The third kappa shape index (κ3) is 5.40. The molecule has 2 N–H and O–H groups in total. The fourth-order valence-corrected chi connectivity index (χ4v) is 3.73. The molecule has 0 heterocycles. The smallest absolute Gasteiger partial charge is 0.0241 e. The molecule has 0 amide bonds. The minimum atomic E-state index is 0.636. The highest BCUT2D eigenvalue weighted by atomic mass is 16.5. The van der Waals surface area contributed by atoms with Crippen LogP contribution in [0.15, 0.2) is 60.7 Å². The Morgan fingerprint density at radius 3 is 1.80 bits per heavy atom. The van der Waals surface area contributed by atoms with Crippen LogP contribution < -0.4 is 5.48 Å². The first-order chi connectivity index (χ1) is 12.2. The van der Waals surface area contributed by atoms with Crippen molar-refractivity contribution in [3.05, 3.63) is 71.8 Å². The highest BCUT2D eigenvalue weighted by molar-refractivity contribution is 5.26. The Morgan fingerprint density at radius 1 is 0.840 bits per heavy atom. The Labute approximate surface area is 151 Å². The lowest BCUT2D eigenvalue weighted by Gasteiger charge is -2.08. The summed E-state index contributed by atoms with van der Waals surface area (Å²) in [6, 6.07) is 21.3. The third-order valence-electron chi connectivity index (χ3n) is 5.25. The Bertz CT molecular complexity index is 629. The van der Waals surface area contributed by atoms with E-state index in [2.05, 4.69) is 79.1 Å². The van der Waals surface area contributed by atoms with Crippen molar-refractivity contribution < 1.29 is 5.21 Å². The number of benzene rings is 2. The summed E-state index contributed by atoms with van der Waals surface area (Å²) in [6.07, 6.45) is 2.58. The lowest BCUT2D eigenvalue weighted by molar-refractivity contribution is 0.161. The van der Waals surface area contributed by atoms with Crippen molar-refractivity contribution in [1.29, 1.82) is 0 Å². The normalized spacial score (nSPS) is 26.7. The molecule has 25 heavy (non-hydrogen) atoms. The van der Waals surface area contributed by atoms with Crippen LogP contribution >= 0.6 is 0 Å². The zero-order valence-corrected chi connectivity index (χ0v) is 15.3. The number of hydrogen-bond donors (Lipinski definition) is 2. The van der Waals surface area contributed by atoms with Crippen LogP contribution in [-0.4, -0.2) is 37.3 Å². The standard InChI is InChI=1S/C12H17N.C10H13NO/c1-13(2)9-11-8-12(11)10-6-4-3-5-7-10;12-11-7-9-6-10(9)8-4-2-1-3-5-8/h3-7,11-12H,8-9H2,1-2H3;1-5,9-12H,6-7H2/t11-,12?;9-,10?/m11/s1. The SMILES string of the molecule is CN(C)C[C@H]1CC1c1ccccc1.ONC[C@H]1CC1c1ccccc1. The van der Waals surface area contributed by atoms with Gasteiger partial charge in [-0.05, 0) is 61.7 Å². The first-order valence-electron chi connectivity index (χ1n) is 9.30. The maximum atomic E-state index is 8.49. The van der Waals surface area contributed by atoms with E-state index in [-0.39, 0.29) is 0 Å². The maximum absolute atomic E-state index is 8.49. The zero-order chi connectivity index (χ0) is 17.6. The van der Waals surface area contributed by atoms with Gasteiger partial charge in [-0.15, -0.1) is 0 Å². The van der Waals surface area contributed by atoms with Gasteiger partial charge in [0.25, 0.3) is 0 Å². The second kappa shape index (κ2) is 8.61. The molecular weight excluding hydrogens is 308 g/mol. The molecule has 0 bridgehead atoms. The van der Waals surface area contributed by atoms with Crippen molar-refractivity contribution in [1.82, 2.24) is 10.4 Å². The number of hydroxylamine groups is 1. The van der Waals surface area contributed by atoms with Crippen molar-refractivity contribution in [2.75, 3.05) is 27.2 Å². The predicted octanol–water partition coefficient (Wildman–Crippen LogP) is 4.12. The molecule has 3 nitrogen and oxygen atoms in total. The molecule has 2 fully saturated rings. The number of nitrogens with one attached hydrogen (secondary N) is 1. The van der Waals surface area contributed by atoms with E-state index in [4.69, 9.17) is 5.21 Å². The Hall–Kier alpha value is -1.68. The summed E-state index contributed by atoms with van der Waals surface area (Å²) in [4.78, 5) is 2.29. The van der Waals surface area contributed by atoms with Gasteiger partial charge in [0, 0.05) is 13.1 Å². The van der Waals surface area contributed by atoms with Crippen LogP contribution in [0.4, 0.5) is 0 Å². The van der Waals surface area contributed by atoms with E-state index >= 15 is 0 Å². The topological polar surface area (TPSA) is 35.5 Å². The number of rotatable bonds is 6. The van der Waals surface area contributed by atoms with Crippen molar-refractivity contribution >= 4 is 0 Å². The minimum Gasteiger partial charge on any atom is -0.317 e. The van der Waals surface area contributed by atoms with Gasteiger partial charge in [0.05, 0.1) is 0 Å². The molecule has 0 radical (unpaired) electrons. The Morgan fingerprint density at radius 2 is 1.32 bits per heavy atom. The monoisotopic (exact) mass is 338 g/mol. The molecule has 4 atom stereocenters. The molecule has 2 aliphatic carbocycles. The minimum absolute atomic E-state index is 0.636. The Kier molecular flexibility index (Phi) is 6.24. The van der Waals surface area contributed by atoms with Gasteiger partial charge in [0.15, 0.2) is 0 Å². The fourth-order valence-electron chi connectivity index (χ4n) is 3.73. The van der Waals surface area contributed by atoms with Gasteiger partial charge in [-0.2, -0.15) is 0 Å². The van der Waals surface area contributed by atoms with Crippen LogP contribution in [0, 0.1) is 11.8 Å². The first-order valence-corrected chi connectivity index (χ1v) is 9.30. The van der Waals surface area contributed by atoms with Crippen LogP contribution in [0.2, 0.25) is 0 Å². The molecule has 2 aromatic carbocycles. The van der Waals surface area contributed by atoms with Gasteiger partial charge < -0.3 is 10.1 Å². The van der Waals surface area contributed by atoms with E-state index in [1.165, 1.54) is 30.5 Å². The van der Waals surface area contributed by atoms with Crippen LogP contribution in [0.3, 0.4) is 0 Å². The molecule has 134 valence electrons. The van der Waals surface area contributed by atoms with Crippen LogP contribution in [0.25, 0.3) is 0 Å².